The molecule has 1 aromatic heterocycles. The molecule has 18 heavy (non-hydrogen) atoms. The fraction of sp³-hybridized carbons (Fsp3) is 0.846. The average Bonchev–Trinajstić information content (AvgIpc) is 2.71. The van der Waals surface area contributed by atoms with E-state index in [4.69, 9.17) is 16.3 Å². The van der Waals surface area contributed by atoms with E-state index in [9.17, 15) is 0 Å². The Labute approximate surface area is 114 Å². The summed E-state index contributed by atoms with van der Waals surface area (Å²) < 4.78 is 7.52. The van der Waals surface area contributed by atoms with Crippen molar-refractivity contribution in [1.82, 2.24) is 14.8 Å². The van der Waals surface area contributed by atoms with E-state index in [0.29, 0.717) is 17.2 Å². The quantitative estimate of drug-likeness (QED) is 0.829. The second-order valence-electron chi connectivity index (χ2n) is 6.10. The van der Waals surface area contributed by atoms with Gasteiger partial charge < -0.3 is 4.74 Å². The Balaban J connectivity index is 2.28. The first kappa shape index (κ1) is 13.8. The normalized spacial score (nSPS) is 20.1. The Bertz CT molecular complexity index is 405. The Hall–Kier alpha value is -0.610. The zero-order valence-corrected chi connectivity index (χ0v) is 12.4. The number of halogens is 1. The summed E-state index contributed by atoms with van der Waals surface area (Å²) in [4.78, 5) is 0. The number of nitrogens with zero attached hydrogens (tertiary/aromatic N) is 3. The maximum Gasteiger partial charge on any atom is 0.225 e. The van der Waals surface area contributed by atoms with Gasteiger partial charge >= 0.3 is 0 Å². The second kappa shape index (κ2) is 5.17. The summed E-state index contributed by atoms with van der Waals surface area (Å²) in [7, 11) is 0. The summed E-state index contributed by atoms with van der Waals surface area (Å²) in [5, 5.41) is 8.80. The van der Waals surface area contributed by atoms with Crippen LogP contribution in [0.4, 0.5) is 0 Å². The Morgan fingerprint density at radius 3 is 2.44 bits per heavy atom. The molecule has 0 amide bonds. The number of rotatable bonds is 2. The van der Waals surface area contributed by atoms with Gasteiger partial charge in [-0.25, -0.2) is 0 Å². The van der Waals surface area contributed by atoms with Crippen molar-refractivity contribution < 1.29 is 4.74 Å². The third-order valence-corrected chi connectivity index (χ3v) is 3.94. The molecule has 2 rings (SSSR count). The Morgan fingerprint density at radius 1 is 1.28 bits per heavy atom. The summed E-state index contributed by atoms with van der Waals surface area (Å²) in [6, 6.07) is 0.325. The van der Waals surface area contributed by atoms with Gasteiger partial charge in [0.25, 0.3) is 0 Å². The maximum absolute atomic E-state index is 6.22. The van der Waals surface area contributed by atoms with Gasteiger partial charge in [-0.05, 0) is 37.3 Å². The molecule has 0 N–H and O–H groups in total. The highest BCUT2D eigenvalue weighted by atomic mass is 35.5. The van der Waals surface area contributed by atoms with Crippen molar-refractivity contribution in [1.29, 1.82) is 0 Å². The molecule has 0 spiro atoms. The van der Waals surface area contributed by atoms with Gasteiger partial charge in [-0.1, -0.05) is 20.8 Å². The smallest absolute Gasteiger partial charge is 0.225 e. The molecule has 102 valence electrons. The topological polar surface area (TPSA) is 39.9 Å². The van der Waals surface area contributed by atoms with Crippen molar-refractivity contribution in [2.75, 3.05) is 13.2 Å². The van der Waals surface area contributed by atoms with Crippen LogP contribution in [0.25, 0.3) is 0 Å². The van der Waals surface area contributed by atoms with Gasteiger partial charge in [0, 0.05) is 24.7 Å². The van der Waals surface area contributed by atoms with E-state index >= 15 is 0 Å². The van der Waals surface area contributed by atoms with Crippen molar-refractivity contribution in [2.45, 2.75) is 52.0 Å². The van der Waals surface area contributed by atoms with E-state index in [1.165, 1.54) is 0 Å². The summed E-state index contributed by atoms with van der Waals surface area (Å²) >= 11 is 6.22. The average molecular weight is 272 g/mol. The van der Waals surface area contributed by atoms with E-state index in [1.54, 1.807) is 0 Å². The van der Waals surface area contributed by atoms with Crippen molar-refractivity contribution in [2.24, 2.45) is 5.92 Å². The first-order chi connectivity index (χ1) is 8.41. The lowest BCUT2D eigenvalue weighted by Crippen LogP contribution is -2.28. The molecule has 1 unspecified atom stereocenters. The molecule has 1 atom stereocenters. The van der Waals surface area contributed by atoms with Crippen LogP contribution in [-0.4, -0.2) is 28.0 Å². The molecule has 1 aromatic rings. The first-order valence-corrected chi connectivity index (χ1v) is 6.97. The molecule has 4 nitrogen and oxygen atoms in total. The van der Waals surface area contributed by atoms with E-state index in [1.807, 2.05) is 0 Å². The highest BCUT2D eigenvalue weighted by Crippen LogP contribution is 2.33. The number of hydrogen-bond donors (Lipinski definition) is 0. The molecule has 0 bridgehead atoms. The summed E-state index contributed by atoms with van der Waals surface area (Å²) in [6.45, 7) is 10.3. The van der Waals surface area contributed by atoms with Crippen LogP contribution in [0.2, 0.25) is 5.28 Å². The van der Waals surface area contributed by atoms with Gasteiger partial charge in [-0.15, -0.1) is 10.2 Å². The van der Waals surface area contributed by atoms with Gasteiger partial charge in [0.05, 0.1) is 0 Å². The molecule has 1 fully saturated rings. The van der Waals surface area contributed by atoms with Crippen LogP contribution in [0, 0.1) is 5.92 Å². The van der Waals surface area contributed by atoms with Crippen LogP contribution in [-0.2, 0) is 10.2 Å². The van der Waals surface area contributed by atoms with Crippen molar-refractivity contribution >= 4 is 11.6 Å². The SMILES string of the molecule is CC(C1CCOCC1)n1c(Cl)nnc1C(C)(C)C. The third-order valence-electron chi connectivity index (χ3n) is 3.68. The Kier molecular flexibility index (Phi) is 3.97. The summed E-state index contributed by atoms with van der Waals surface area (Å²) in [5.41, 5.74) is -0.0421. The molecular weight excluding hydrogens is 250 g/mol. The van der Waals surface area contributed by atoms with Gasteiger partial charge in [0.2, 0.25) is 5.28 Å². The van der Waals surface area contributed by atoms with E-state index in [0.717, 1.165) is 31.9 Å². The minimum Gasteiger partial charge on any atom is -0.381 e. The first-order valence-electron chi connectivity index (χ1n) is 6.60. The highest BCUT2D eigenvalue weighted by molar-refractivity contribution is 6.28. The zero-order valence-electron chi connectivity index (χ0n) is 11.6. The van der Waals surface area contributed by atoms with E-state index in [-0.39, 0.29) is 5.41 Å². The van der Waals surface area contributed by atoms with Crippen LogP contribution in [0.1, 0.15) is 52.4 Å². The predicted molar refractivity (Wildman–Crippen MR) is 72.0 cm³/mol. The fourth-order valence-electron chi connectivity index (χ4n) is 2.55. The predicted octanol–water partition coefficient (Wildman–Crippen LogP) is 3.22. The Morgan fingerprint density at radius 2 is 1.89 bits per heavy atom. The zero-order chi connectivity index (χ0) is 13.3. The number of ether oxygens (including phenoxy) is 1. The molecule has 2 heterocycles. The van der Waals surface area contributed by atoms with E-state index in [2.05, 4.69) is 42.5 Å². The third kappa shape index (κ3) is 2.69. The molecular formula is C13H22ClN3O. The van der Waals surface area contributed by atoms with Gasteiger partial charge in [-0.3, -0.25) is 4.57 Å². The van der Waals surface area contributed by atoms with Crippen LogP contribution < -0.4 is 0 Å². The minimum atomic E-state index is -0.0421. The monoisotopic (exact) mass is 271 g/mol. The van der Waals surface area contributed by atoms with Gasteiger partial charge in [0.1, 0.15) is 5.82 Å². The highest BCUT2D eigenvalue weighted by Gasteiger charge is 2.30. The molecule has 1 saturated heterocycles. The van der Waals surface area contributed by atoms with Crippen LogP contribution >= 0.6 is 11.6 Å². The van der Waals surface area contributed by atoms with Crippen LogP contribution in [0.15, 0.2) is 0 Å². The molecule has 5 heteroatoms. The summed E-state index contributed by atoms with van der Waals surface area (Å²) in [5.74, 6) is 1.56. The fourth-order valence-corrected chi connectivity index (χ4v) is 2.83. The standard InChI is InChI=1S/C13H22ClN3O/c1-9(10-5-7-18-8-6-10)17-11(13(2,3)4)15-16-12(17)14/h9-10H,5-8H2,1-4H3. The van der Waals surface area contributed by atoms with Crippen molar-refractivity contribution in [3.8, 4) is 0 Å². The number of hydrogen-bond acceptors (Lipinski definition) is 3. The van der Waals surface area contributed by atoms with Crippen molar-refractivity contribution in [3.63, 3.8) is 0 Å². The lowest BCUT2D eigenvalue weighted by molar-refractivity contribution is 0.0506. The van der Waals surface area contributed by atoms with Crippen molar-refractivity contribution in [3.05, 3.63) is 11.1 Å². The molecule has 0 aliphatic carbocycles. The lowest BCUT2D eigenvalue weighted by Gasteiger charge is -2.31. The lowest BCUT2D eigenvalue weighted by atomic mass is 9.90. The molecule has 0 aromatic carbocycles. The van der Waals surface area contributed by atoms with Crippen LogP contribution in [0.3, 0.4) is 0 Å². The van der Waals surface area contributed by atoms with Crippen LogP contribution in [0.5, 0.6) is 0 Å². The molecule has 0 saturated carbocycles. The second-order valence-corrected chi connectivity index (χ2v) is 6.44. The largest absolute Gasteiger partial charge is 0.381 e. The molecule has 1 aliphatic rings. The minimum absolute atomic E-state index is 0.0421. The summed E-state index contributed by atoms with van der Waals surface area (Å²) in [6.07, 6.45) is 2.17. The molecule has 1 aliphatic heterocycles. The van der Waals surface area contributed by atoms with Gasteiger partial charge in [0.15, 0.2) is 0 Å². The van der Waals surface area contributed by atoms with Gasteiger partial charge in [-0.2, -0.15) is 0 Å². The molecule has 0 radical (unpaired) electrons. The van der Waals surface area contributed by atoms with E-state index < -0.39 is 0 Å². The maximum atomic E-state index is 6.22. The number of aromatic nitrogens is 3.